The maximum Gasteiger partial charge on any atom is 0.142 e. The lowest BCUT2D eigenvalue weighted by atomic mass is 10.1. The molecule has 2 heteroatoms. The van der Waals surface area contributed by atoms with Crippen LogP contribution in [0.2, 0.25) is 0 Å². The minimum atomic E-state index is 0.783. The molecule has 0 saturated carbocycles. The fraction of sp³-hybridized carbons (Fsp3) is 0.700. The number of hydrogen-bond donors (Lipinski definition) is 0. The number of aldehydes is 1. The van der Waals surface area contributed by atoms with Crippen molar-refractivity contribution in [2.75, 3.05) is 5.88 Å². The van der Waals surface area contributed by atoms with Gasteiger partial charge in [0, 0.05) is 5.88 Å². The fourth-order valence-electron chi connectivity index (χ4n) is 1.04. The summed E-state index contributed by atoms with van der Waals surface area (Å²) in [4.78, 5) is 9.88. The van der Waals surface area contributed by atoms with E-state index in [1.807, 2.05) is 6.08 Å². The summed E-state index contributed by atoms with van der Waals surface area (Å²) in [5.74, 6) is 0.783. The standard InChI is InChI=1S/C10H17ClO/c11-9-7-5-3-1-2-4-6-8-10-12/h6,8,10H,1-5,7,9H2/b8-6+. The van der Waals surface area contributed by atoms with E-state index in [4.69, 9.17) is 11.6 Å². The predicted molar refractivity (Wildman–Crippen MR) is 53.6 cm³/mol. The van der Waals surface area contributed by atoms with Crippen molar-refractivity contribution in [3.05, 3.63) is 12.2 Å². The molecule has 0 aromatic carbocycles. The first-order valence-electron chi connectivity index (χ1n) is 4.58. The van der Waals surface area contributed by atoms with Gasteiger partial charge in [-0.3, -0.25) is 4.79 Å². The molecule has 0 aliphatic carbocycles. The topological polar surface area (TPSA) is 17.1 Å². The van der Waals surface area contributed by atoms with Gasteiger partial charge in [-0.25, -0.2) is 0 Å². The van der Waals surface area contributed by atoms with Crippen LogP contribution in [0.1, 0.15) is 38.5 Å². The third kappa shape index (κ3) is 9.70. The Morgan fingerprint density at radius 1 is 1.00 bits per heavy atom. The highest BCUT2D eigenvalue weighted by Crippen LogP contribution is 2.06. The lowest BCUT2D eigenvalue weighted by molar-refractivity contribution is -0.104. The van der Waals surface area contributed by atoms with Gasteiger partial charge in [0.2, 0.25) is 0 Å². The van der Waals surface area contributed by atoms with E-state index in [0.717, 1.165) is 25.0 Å². The van der Waals surface area contributed by atoms with Gasteiger partial charge in [-0.15, -0.1) is 11.6 Å². The van der Waals surface area contributed by atoms with E-state index in [1.165, 1.54) is 25.7 Å². The molecule has 0 amide bonds. The monoisotopic (exact) mass is 188 g/mol. The third-order valence-electron chi connectivity index (χ3n) is 1.72. The van der Waals surface area contributed by atoms with Crippen molar-refractivity contribution in [3.8, 4) is 0 Å². The van der Waals surface area contributed by atoms with Crippen LogP contribution in [-0.4, -0.2) is 12.2 Å². The second-order valence-electron chi connectivity index (χ2n) is 2.81. The van der Waals surface area contributed by atoms with E-state index in [9.17, 15) is 4.79 Å². The zero-order valence-electron chi connectivity index (χ0n) is 7.47. The van der Waals surface area contributed by atoms with Gasteiger partial charge in [0.25, 0.3) is 0 Å². The number of hydrogen-bond acceptors (Lipinski definition) is 1. The average Bonchev–Trinajstić information content (AvgIpc) is 2.10. The van der Waals surface area contributed by atoms with Crippen LogP contribution in [0.3, 0.4) is 0 Å². The minimum absolute atomic E-state index is 0.783. The van der Waals surface area contributed by atoms with Crippen molar-refractivity contribution in [1.82, 2.24) is 0 Å². The van der Waals surface area contributed by atoms with Crippen LogP contribution in [0.5, 0.6) is 0 Å². The number of allylic oxidation sites excluding steroid dienone is 2. The van der Waals surface area contributed by atoms with E-state index >= 15 is 0 Å². The number of alkyl halides is 1. The highest BCUT2D eigenvalue weighted by Gasteiger charge is 1.87. The minimum Gasteiger partial charge on any atom is -0.299 e. The maximum atomic E-state index is 9.88. The average molecular weight is 189 g/mol. The first-order valence-corrected chi connectivity index (χ1v) is 5.11. The van der Waals surface area contributed by atoms with Crippen LogP contribution in [0.25, 0.3) is 0 Å². The zero-order chi connectivity index (χ0) is 9.07. The fourth-order valence-corrected chi connectivity index (χ4v) is 1.23. The van der Waals surface area contributed by atoms with Crippen molar-refractivity contribution < 1.29 is 4.79 Å². The molecule has 0 saturated heterocycles. The Morgan fingerprint density at radius 2 is 1.67 bits per heavy atom. The number of carbonyl (C=O) groups is 1. The Bertz CT molecular complexity index is 121. The van der Waals surface area contributed by atoms with E-state index < -0.39 is 0 Å². The molecule has 70 valence electrons. The van der Waals surface area contributed by atoms with Gasteiger partial charge in [-0.2, -0.15) is 0 Å². The Morgan fingerprint density at radius 3 is 2.33 bits per heavy atom. The number of rotatable bonds is 8. The van der Waals surface area contributed by atoms with Crippen LogP contribution in [-0.2, 0) is 4.79 Å². The normalized spacial score (nSPS) is 10.8. The van der Waals surface area contributed by atoms with Gasteiger partial charge in [-0.1, -0.05) is 25.3 Å². The molecule has 0 aliphatic heterocycles. The summed E-state index contributed by atoms with van der Waals surface area (Å²) >= 11 is 5.53. The predicted octanol–water partition coefficient (Wildman–Crippen LogP) is 3.32. The molecule has 0 aliphatic rings. The van der Waals surface area contributed by atoms with Gasteiger partial charge >= 0.3 is 0 Å². The molecule has 0 unspecified atom stereocenters. The quantitative estimate of drug-likeness (QED) is 0.247. The molecule has 0 aromatic rings. The van der Waals surface area contributed by atoms with Crippen molar-refractivity contribution in [2.45, 2.75) is 38.5 Å². The van der Waals surface area contributed by atoms with E-state index in [0.29, 0.717) is 0 Å². The second-order valence-corrected chi connectivity index (χ2v) is 3.19. The first-order chi connectivity index (χ1) is 5.91. The van der Waals surface area contributed by atoms with Crippen molar-refractivity contribution in [1.29, 1.82) is 0 Å². The van der Waals surface area contributed by atoms with E-state index in [-0.39, 0.29) is 0 Å². The molecule has 0 atom stereocenters. The molecular weight excluding hydrogens is 172 g/mol. The summed E-state index contributed by atoms with van der Waals surface area (Å²) in [7, 11) is 0. The molecule has 0 fully saturated rings. The molecular formula is C10H17ClO. The highest BCUT2D eigenvalue weighted by atomic mass is 35.5. The van der Waals surface area contributed by atoms with Crippen LogP contribution >= 0.6 is 11.6 Å². The number of halogens is 1. The Labute approximate surface area is 79.8 Å². The first kappa shape index (κ1) is 11.7. The lowest BCUT2D eigenvalue weighted by Crippen LogP contribution is -1.79. The van der Waals surface area contributed by atoms with Crippen LogP contribution in [0, 0.1) is 0 Å². The lowest BCUT2D eigenvalue weighted by Gasteiger charge is -1.96. The molecule has 12 heavy (non-hydrogen) atoms. The van der Waals surface area contributed by atoms with Gasteiger partial charge in [0.05, 0.1) is 0 Å². The highest BCUT2D eigenvalue weighted by molar-refractivity contribution is 6.17. The van der Waals surface area contributed by atoms with Crippen LogP contribution in [0.15, 0.2) is 12.2 Å². The Hall–Kier alpha value is -0.300. The molecule has 0 heterocycles. The molecule has 0 aromatic heterocycles. The Kier molecular flexibility index (Phi) is 10.4. The molecule has 0 spiro atoms. The summed E-state index contributed by atoms with van der Waals surface area (Å²) in [5, 5.41) is 0. The molecule has 0 N–H and O–H groups in total. The second kappa shape index (κ2) is 10.7. The van der Waals surface area contributed by atoms with Gasteiger partial charge < -0.3 is 0 Å². The Balaban J connectivity index is 2.90. The van der Waals surface area contributed by atoms with Crippen molar-refractivity contribution >= 4 is 17.9 Å². The summed E-state index contributed by atoms with van der Waals surface area (Å²) in [6.07, 6.45) is 11.4. The van der Waals surface area contributed by atoms with Gasteiger partial charge in [0.15, 0.2) is 0 Å². The van der Waals surface area contributed by atoms with Crippen molar-refractivity contribution in [2.24, 2.45) is 0 Å². The molecule has 0 bridgehead atoms. The third-order valence-corrected chi connectivity index (χ3v) is 1.99. The molecule has 1 nitrogen and oxygen atoms in total. The zero-order valence-corrected chi connectivity index (χ0v) is 8.22. The van der Waals surface area contributed by atoms with Gasteiger partial charge in [0.1, 0.15) is 6.29 Å². The summed E-state index contributed by atoms with van der Waals surface area (Å²) in [6.45, 7) is 0. The summed E-state index contributed by atoms with van der Waals surface area (Å²) in [6, 6.07) is 0. The van der Waals surface area contributed by atoms with Crippen molar-refractivity contribution in [3.63, 3.8) is 0 Å². The van der Waals surface area contributed by atoms with Crippen LogP contribution in [0.4, 0.5) is 0 Å². The number of unbranched alkanes of at least 4 members (excludes halogenated alkanes) is 5. The van der Waals surface area contributed by atoms with Crippen LogP contribution < -0.4 is 0 Å². The number of carbonyl (C=O) groups excluding carboxylic acids is 1. The van der Waals surface area contributed by atoms with E-state index in [1.54, 1.807) is 6.08 Å². The summed E-state index contributed by atoms with van der Waals surface area (Å²) in [5.41, 5.74) is 0. The molecule has 0 rings (SSSR count). The SMILES string of the molecule is O=C/C=C/CCCCCCCCl. The summed E-state index contributed by atoms with van der Waals surface area (Å²) < 4.78 is 0. The van der Waals surface area contributed by atoms with E-state index in [2.05, 4.69) is 0 Å². The molecule has 0 radical (unpaired) electrons. The largest absolute Gasteiger partial charge is 0.299 e. The smallest absolute Gasteiger partial charge is 0.142 e. The van der Waals surface area contributed by atoms with Gasteiger partial charge in [-0.05, 0) is 25.3 Å². The maximum absolute atomic E-state index is 9.88.